The largest absolute Gasteiger partial charge is 0.495 e. The molecule has 0 bridgehead atoms. The molecule has 5 heteroatoms. The quantitative estimate of drug-likeness (QED) is 0.706. The van der Waals surface area contributed by atoms with Gasteiger partial charge >= 0.3 is 0 Å². The lowest BCUT2D eigenvalue weighted by molar-refractivity contribution is 0.417. The number of methoxy groups -OCH3 is 1. The number of nitrogens with two attached hydrogens (primary N) is 1. The van der Waals surface area contributed by atoms with Crippen LogP contribution in [0.3, 0.4) is 0 Å². The molecule has 1 unspecified atom stereocenters. The highest BCUT2D eigenvalue weighted by Crippen LogP contribution is 2.26. The second-order valence-electron chi connectivity index (χ2n) is 3.80. The lowest BCUT2D eigenvalue weighted by Crippen LogP contribution is -2.08. The van der Waals surface area contributed by atoms with E-state index < -0.39 is 0 Å². The molecule has 0 saturated carbocycles. The van der Waals surface area contributed by atoms with Crippen molar-refractivity contribution in [2.45, 2.75) is 13.0 Å². The molecule has 0 fully saturated rings. The van der Waals surface area contributed by atoms with Gasteiger partial charge in [-0.15, -0.1) is 0 Å². The van der Waals surface area contributed by atoms with Crippen molar-refractivity contribution < 1.29 is 4.74 Å². The van der Waals surface area contributed by atoms with Gasteiger partial charge in [-0.25, -0.2) is 4.98 Å². The van der Waals surface area contributed by atoms with E-state index in [-0.39, 0.29) is 6.04 Å². The molecule has 0 aliphatic heterocycles. The zero-order chi connectivity index (χ0) is 12.3. The molecule has 5 nitrogen and oxygen atoms in total. The highest BCUT2D eigenvalue weighted by atomic mass is 16.5. The summed E-state index contributed by atoms with van der Waals surface area (Å²) in [5.74, 6) is 1.56. The molecule has 17 heavy (non-hydrogen) atoms. The Morgan fingerprint density at radius 1 is 1.47 bits per heavy atom. The summed E-state index contributed by atoms with van der Waals surface area (Å²) < 4.78 is 5.17. The van der Waals surface area contributed by atoms with Crippen molar-refractivity contribution in [3.63, 3.8) is 0 Å². The maximum Gasteiger partial charge on any atom is 0.143 e. The van der Waals surface area contributed by atoms with Crippen LogP contribution in [0.1, 0.15) is 18.8 Å². The number of H-pyrrole nitrogens is 1. The Morgan fingerprint density at radius 2 is 2.29 bits per heavy atom. The van der Waals surface area contributed by atoms with E-state index in [1.807, 2.05) is 25.1 Å². The first kappa shape index (κ1) is 11.3. The molecule has 1 aromatic carbocycles. The van der Waals surface area contributed by atoms with Gasteiger partial charge in [0, 0.05) is 24.1 Å². The summed E-state index contributed by atoms with van der Waals surface area (Å²) in [6.45, 7) is 2.03. The summed E-state index contributed by atoms with van der Waals surface area (Å²) >= 11 is 0. The number of anilines is 2. The smallest absolute Gasteiger partial charge is 0.143 e. The molecule has 90 valence electrons. The topological polar surface area (TPSA) is 76.0 Å². The van der Waals surface area contributed by atoms with Crippen molar-refractivity contribution >= 4 is 11.4 Å². The molecular formula is C12H16N4O. The molecule has 0 aliphatic rings. The summed E-state index contributed by atoms with van der Waals surface area (Å²) in [6, 6.07) is 5.69. The van der Waals surface area contributed by atoms with Crippen LogP contribution in [0.4, 0.5) is 11.4 Å². The SMILES string of the molecule is COc1cc(NC(C)c2ncc[nH]2)ccc1N. The molecule has 0 amide bonds. The van der Waals surface area contributed by atoms with Crippen molar-refractivity contribution in [2.24, 2.45) is 0 Å². The van der Waals surface area contributed by atoms with Crippen LogP contribution < -0.4 is 15.8 Å². The lowest BCUT2D eigenvalue weighted by Gasteiger charge is -2.14. The minimum atomic E-state index is 0.0957. The van der Waals surface area contributed by atoms with Crippen molar-refractivity contribution in [1.29, 1.82) is 0 Å². The molecule has 4 N–H and O–H groups in total. The second kappa shape index (κ2) is 4.78. The van der Waals surface area contributed by atoms with Crippen molar-refractivity contribution in [3.8, 4) is 5.75 Å². The van der Waals surface area contributed by atoms with Crippen LogP contribution in [0.2, 0.25) is 0 Å². The standard InChI is InChI=1S/C12H16N4O/c1-8(12-14-5-6-15-12)16-9-3-4-10(13)11(7-9)17-2/h3-8,16H,13H2,1-2H3,(H,14,15). The van der Waals surface area contributed by atoms with E-state index in [9.17, 15) is 0 Å². The van der Waals surface area contributed by atoms with Gasteiger partial charge in [0.25, 0.3) is 0 Å². The van der Waals surface area contributed by atoms with E-state index in [0.717, 1.165) is 11.5 Å². The van der Waals surface area contributed by atoms with Crippen LogP contribution in [0.15, 0.2) is 30.6 Å². The summed E-state index contributed by atoms with van der Waals surface area (Å²) in [5.41, 5.74) is 7.33. The van der Waals surface area contributed by atoms with Crippen LogP contribution in [-0.4, -0.2) is 17.1 Å². The highest BCUT2D eigenvalue weighted by Gasteiger charge is 2.08. The monoisotopic (exact) mass is 232 g/mol. The van der Waals surface area contributed by atoms with Crippen LogP contribution in [-0.2, 0) is 0 Å². The van der Waals surface area contributed by atoms with Gasteiger partial charge in [0.15, 0.2) is 0 Å². The molecule has 2 rings (SSSR count). The van der Waals surface area contributed by atoms with E-state index in [4.69, 9.17) is 10.5 Å². The first-order valence-electron chi connectivity index (χ1n) is 5.40. The number of benzene rings is 1. The lowest BCUT2D eigenvalue weighted by atomic mass is 10.2. The summed E-state index contributed by atoms with van der Waals surface area (Å²) in [6.07, 6.45) is 3.54. The molecule has 0 radical (unpaired) electrons. The van der Waals surface area contributed by atoms with Crippen molar-refractivity contribution in [3.05, 3.63) is 36.4 Å². The molecule has 1 atom stereocenters. The molecule has 0 saturated heterocycles. The van der Waals surface area contributed by atoms with E-state index in [1.165, 1.54) is 0 Å². The molecule has 1 heterocycles. The van der Waals surface area contributed by atoms with Crippen LogP contribution >= 0.6 is 0 Å². The summed E-state index contributed by atoms with van der Waals surface area (Å²) in [7, 11) is 1.60. The maximum atomic E-state index is 5.75. The molecule has 0 spiro atoms. The van der Waals surface area contributed by atoms with Crippen molar-refractivity contribution in [1.82, 2.24) is 9.97 Å². The molecular weight excluding hydrogens is 216 g/mol. The van der Waals surface area contributed by atoms with Crippen LogP contribution in [0.5, 0.6) is 5.75 Å². The number of rotatable bonds is 4. The number of nitrogen functional groups attached to an aromatic ring is 1. The first-order chi connectivity index (χ1) is 8.20. The van der Waals surface area contributed by atoms with E-state index in [2.05, 4.69) is 15.3 Å². The zero-order valence-corrected chi connectivity index (χ0v) is 9.90. The van der Waals surface area contributed by atoms with Crippen molar-refractivity contribution in [2.75, 3.05) is 18.2 Å². The number of imidazole rings is 1. The Kier molecular flexibility index (Phi) is 3.18. The average molecular weight is 232 g/mol. The highest BCUT2D eigenvalue weighted by molar-refractivity contribution is 5.61. The van der Waals surface area contributed by atoms with Gasteiger partial charge in [-0.05, 0) is 19.1 Å². The van der Waals surface area contributed by atoms with Crippen LogP contribution in [0.25, 0.3) is 0 Å². The second-order valence-corrected chi connectivity index (χ2v) is 3.80. The third-order valence-electron chi connectivity index (χ3n) is 2.55. The Balaban J connectivity index is 2.13. The van der Waals surface area contributed by atoms with Gasteiger partial charge in [0.2, 0.25) is 0 Å². The minimum absolute atomic E-state index is 0.0957. The van der Waals surface area contributed by atoms with E-state index >= 15 is 0 Å². The number of ether oxygens (including phenoxy) is 1. The third kappa shape index (κ3) is 2.50. The van der Waals surface area contributed by atoms with Gasteiger partial charge in [0.05, 0.1) is 18.8 Å². The van der Waals surface area contributed by atoms with Gasteiger partial charge in [-0.1, -0.05) is 0 Å². The minimum Gasteiger partial charge on any atom is -0.495 e. The van der Waals surface area contributed by atoms with Crippen LogP contribution in [0, 0.1) is 0 Å². The van der Waals surface area contributed by atoms with Gasteiger partial charge in [-0.3, -0.25) is 0 Å². The number of nitrogens with one attached hydrogen (secondary N) is 2. The summed E-state index contributed by atoms with van der Waals surface area (Å²) in [4.78, 5) is 7.27. The number of hydrogen-bond donors (Lipinski definition) is 3. The fourth-order valence-corrected chi connectivity index (χ4v) is 1.63. The number of hydrogen-bond acceptors (Lipinski definition) is 4. The Morgan fingerprint density at radius 3 is 2.94 bits per heavy atom. The normalized spacial score (nSPS) is 12.1. The third-order valence-corrected chi connectivity index (χ3v) is 2.55. The Bertz CT molecular complexity index is 481. The van der Waals surface area contributed by atoms with Gasteiger partial charge in [-0.2, -0.15) is 0 Å². The first-order valence-corrected chi connectivity index (χ1v) is 5.40. The molecule has 0 aliphatic carbocycles. The Labute approximate surface area is 100 Å². The van der Waals surface area contributed by atoms with E-state index in [1.54, 1.807) is 19.5 Å². The molecule has 1 aromatic heterocycles. The number of nitrogens with zero attached hydrogens (tertiary/aromatic N) is 1. The Hall–Kier alpha value is -2.17. The maximum absolute atomic E-state index is 5.75. The summed E-state index contributed by atoms with van der Waals surface area (Å²) in [5, 5.41) is 3.32. The number of aromatic nitrogens is 2. The molecule has 2 aromatic rings. The fourth-order valence-electron chi connectivity index (χ4n) is 1.63. The average Bonchev–Trinajstić information content (AvgIpc) is 2.85. The van der Waals surface area contributed by atoms with Gasteiger partial charge in [0.1, 0.15) is 11.6 Å². The van der Waals surface area contributed by atoms with E-state index in [0.29, 0.717) is 11.4 Å². The predicted octanol–water partition coefficient (Wildman–Crippen LogP) is 2.17. The number of aromatic amines is 1. The fraction of sp³-hybridized carbons (Fsp3) is 0.250. The van der Waals surface area contributed by atoms with Gasteiger partial charge < -0.3 is 20.8 Å². The predicted molar refractivity (Wildman–Crippen MR) is 68.0 cm³/mol. The zero-order valence-electron chi connectivity index (χ0n) is 9.90.